The van der Waals surface area contributed by atoms with Crippen molar-refractivity contribution in [3.05, 3.63) is 29.3 Å². The van der Waals surface area contributed by atoms with Gasteiger partial charge in [-0.1, -0.05) is 23.7 Å². The van der Waals surface area contributed by atoms with Crippen molar-refractivity contribution >= 4 is 23.1 Å². The third kappa shape index (κ3) is 2.20. The summed E-state index contributed by atoms with van der Waals surface area (Å²) >= 11 is 5.96. The Morgan fingerprint density at radius 1 is 1.46 bits per heavy atom. The fourth-order valence-electron chi connectivity index (χ4n) is 1.10. The first-order chi connectivity index (χ1) is 6.16. The highest BCUT2D eigenvalue weighted by Crippen LogP contribution is 2.23. The molecule has 0 aliphatic carbocycles. The van der Waals surface area contributed by atoms with Gasteiger partial charge in [0.15, 0.2) is 0 Å². The molecule has 13 heavy (non-hydrogen) atoms. The van der Waals surface area contributed by atoms with E-state index in [1.54, 1.807) is 25.0 Å². The highest BCUT2D eigenvalue weighted by molar-refractivity contribution is 6.33. The lowest BCUT2D eigenvalue weighted by atomic mass is 10.3. The maximum absolute atomic E-state index is 7.49. The molecule has 0 saturated heterocycles. The molecule has 0 aromatic heterocycles. The van der Waals surface area contributed by atoms with Gasteiger partial charge in [0.2, 0.25) is 0 Å². The fourth-order valence-corrected chi connectivity index (χ4v) is 1.32. The number of hydrazine groups is 1. The molecule has 0 fully saturated rings. The summed E-state index contributed by atoms with van der Waals surface area (Å²) in [6.45, 7) is 1.69. The Labute approximate surface area is 82.8 Å². The van der Waals surface area contributed by atoms with Crippen molar-refractivity contribution in [2.45, 2.75) is 6.92 Å². The highest BCUT2D eigenvalue weighted by Gasteiger charge is 2.08. The van der Waals surface area contributed by atoms with Gasteiger partial charge in [-0.15, -0.1) is 0 Å². The smallest absolute Gasteiger partial charge is 0.112 e. The van der Waals surface area contributed by atoms with Crippen molar-refractivity contribution in [3.63, 3.8) is 0 Å². The van der Waals surface area contributed by atoms with Crippen LogP contribution in [0.5, 0.6) is 0 Å². The van der Waals surface area contributed by atoms with Crippen LogP contribution in [0.15, 0.2) is 24.3 Å². The van der Waals surface area contributed by atoms with Crippen LogP contribution in [-0.4, -0.2) is 12.9 Å². The molecule has 1 aromatic carbocycles. The second-order valence-electron chi connectivity index (χ2n) is 2.60. The molecule has 0 heterocycles. The number of nitrogens with zero attached hydrogens (tertiary/aromatic N) is 1. The number of rotatable bonds is 2. The molecule has 0 radical (unpaired) electrons. The first-order valence-electron chi connectivity index (χ1n) is 3.94. The van der Waals surface area contributed by atoms with Crippen molar-refractivity contribution in [3.8, 4) is 0 Å². The van der Waals surface area contributed by atoms with Gasteiger partial charge in [-0.3, -0.25) is 10.4 Å². The highest BCUT2D eigenvalue weighted by atomic mass is 35.5. The van der Waals surface area contributed by atoms with Crippen LogP contribution in [0.1, 0.15) is 6.92 Å². The molecule has 2 N–H and O–H groups in total. The summed E-state index contributed by atoms with van der Waals surface area (Å²) in [5.74, 6) is 0.399. The SMILES string of the molecule is CNN(C(C)=N)c1ccccc1Cl. The van der Waals surface area contributed by atoms with E-state index >= 15 is 0 Å². The second-order valence-corrected chi connectivity index (χ2v) is 3.00. The van der Waals surface area contributed by atoms with Gasteiger partial charge in [0.25, 0.3) is 0 Å². The lowest BCUT2D eigenvalue weighted by Gasteiger charge is -2.22. The van der Waals surface area contributed by atoms with Gasteiger partial charge >= 0.3 is 0 Å². The minimum absolute atomic E-state index is 0.399. The zero-order valence-corrected chi connectivity index (χ0v) is 8.39. The molecule has 0 spiro atoms. The van der Waals surface area contributed by atoms with Crippen LogP contribution in [0.3, 0.4) is 0 Å². The average molecular weight is 198 g/mol. The van der Waals surface area contributed by atoms with Gasteiger partial charge in [0.1, 0.15) is 5.84 Å². The summed E-state index contributed by atoms with van der Waals surface area (Å²) in [5.41, 5.74) is 3.67. The van der Waals surface area contributed by atoms with Crippen LogP contribution in [-0.2, 0) is 0 Å². The second kappa shape index (κ2) is 4.25. The van der Waals surface area contributed by atoms with Gasteiger partial charge in [0.05, 0.1) is 10.7 Å². The summed E-state index contributed by atoms with van der Waals surface area (Å²) in [7, 11) is 1.75. The Bertz CT molecular complexity index is 311. The van der Waals surface area contributed by atoms with Gasteiger partial charge in [0, 0.05) is 7.05 Å². The van der Waals surface area contributed by atoms with Crippen molar-refractivity contribution in [2.24, 2.45) is 0 Å². The minimum Gasteiger partial charge on any atom is -0.287 e. The van der Waals surface area contributed by atoms with Crippen molar-refractivity contribution < 1.29 is 0 Å². The largest absolute Gasteiger partial charge is 0.287 e. The monoisotopic (exact) mass is 197 g/mol. The lowest BCUT2D eigenvalue weighted by Crippen LogP contribution is -2.38. The Morgan fingerprint density at radius 2 is 2.08 bits per heavy atom. The Balaban J connectivity index is 3.04. The predicted molar refractivity (Wildman–Crippen MR) is 56.4 cm³/mol. The van der Waals surface area contributed by atoms with Gasteiger partial charge in [-0.05, 0) is 19.1 Å². The number of benzene rings is 1. The molecule has 4 heteroatoms. The molecule has 0 unspecified atom stereocenters. The van der Waals surface area contributed by atoms with Crippen LogP contribution in [0.2, 0.25) is 5.02 Å². The molecule has 0 atom stereocenters. The van der Waals surface area contributed by atoms with Gasteiger partial charge < -0.3 is 0 Å². The van der Waals surface area contributed by atoms with Crippen LogP contribution in [0.25, 0.3) is 0 Å². The summed E-state index contributed by atoms with van der Waals surface area (Å²) < 4.78 is 0. The van der Waals surface area contributed by atoms with Crippen molar-refractivity contribution in [1.82, 2.24) is 5.43 Å². The van der Waals surface area contributed by atoms with E-state index in [-0.39, 0.29) is 0 Å². The number of halogens is 1. The van der Waals surface area contributed by atoms with E-state index in [0.717, 1.165) is 5.69 Å². The summed E-state index contributed by atoms with van der Waals surface area (Å²) in [4.78, 5) is 0. The molecule has 0 aliphatic heterocycles. The van der Waals surface area contributed by atoms with Crippen LogP contribution in [0, 0.1) is 5.41 Å². The molecule has 0 saturated carbocycles. The summed E-state index contributed by atoms with van der Waals surface area (Å²) in [5, 5.41) is 9.73. The maximum Gasteiger partial charge on any atom is 0.112 e. The van der Waals surface area contributed by atoms with E-state index < -0.39 is 0 Å². The van der Waals surface area contributed by atoms with Crippen LogP contribution >= 0.6 is 11.6 Å². The molecule has 1 aromatic rings. The summed E-state index contributed by atoms with van der Waals surface area (Å²) in [6, 6.07) is 7.40. The molecular weight excluding hydrogens is 186 g/mol. The predicted octanol–water partition coefficient (Wildman–Crippen LogP) is 2.28. The molecule has 0 aliphatic rings. The molecule has 0 bridgehead atoms. The number of amidine groups is 1. The zero-order valence-electron chi connectivity index (χ0n) is 7.63. The zero-order chi connectivity index (χ0) is 9.84. The van der Waals surface area contributed by atoms with E-state index in [1.807, 2.05) is 18.2 Å². The topological polar surface area (TPSA) is 39.1 Å². The number of nitrogens with one attached hydrogen (secondary N) is 2. The lowest BCUT2D eigenvalue weighted by molar-refractivity contribution is 0.850. The summed E-state index contributed by atoms with van der Waals surface area (Å²) in [6.07, 6.45) is 0. The van der Waals surface area contributed by atoms with E-state index in [9.17, 15) is 0 Å². The number of para-hydroxylation sites is 1. The van der Waals surface area contributed by atoms with E-state index in [4.69, 9.17) is 17.0 Å². The van der Waals surface area contributed by atoms with Crippen LogP contribution < -0.4 is 10.4 Å². The van der Waals surface area contributed by atoms with E-state index in [0.29, 0.717) is 10.9 Å². The first kappa shape index (κ1) is 10.0. The molecule has 3 nitrogen and oxygen atoms in total. The minimum atomic E-state index is 0.399. The Morgan fingerprint density at radius 3 is 2.54 bits per heavy atom. The number of hydrogen-bond acceptors (Lipinski definition) is 2. The standard InChI is InChI=1S/C9H12ClN3/c1-7(11)13(12-2)9-6-4-3-5-8(9)10/h3-6,11-12H,1-2H3. The van der Waals surface area contributed by atoms with Gasteiger partial charge in [-0.25, -0.2) is 5.43 Å². The molecule has 70 valence electrons. The average Bonchev–Trinajstić information content (AvgIpc) is 2.09. The number of hydrogen-bond donors (Lipinski definition) is 2. The number of anilines is 1. The Kier molecular flexibility index (Phi) is 3.28. The maximum atomic E-state index is 7.49. The van der Waals surface area contributed by atoms with E-state index in [1.165, 1.54) is 0 Å². The fraction of sp³-hybridized carbons (Fsp3) is 0.222. The molecular formula is C9H12ClN3. The quantitative estimate of drug-likeness (QED) is 0.434. The normalized spacial score (nSPS) is 9.77. The van der Waals surface area contributed by atoms with Gasteiger partial charge in [-0.2, -0.15) is 0 Å². The first-order valence-corrected chi connectivity index (χ1v) is 4.32. The third-order valence-corrected chi connectivity index (χ3v) is 1.97. The van der Waals surface area contributed by atoms with Crippen molar-refractivity contribution in [1.29, 1.82) is 5.41 Å². The third-order valence-electron chi connectivity index (χ3n) is 1.65. The molecule has 1 rings (SSSR count). The van der Waals surface area contributed by atoms with Crippen LogP contribution in [0.4, 0.5) is 5.69 Å². The Hall–Kier alpha value is -1.06. The van der Waals surface area contributed by atoms with E-state index in [2.05, 4.69) is 5.43 Å². The molecule has 0 amide bonds. The van der Waals surface area contributed by atoms with Crippen molar-refractivity contribution in [2.75, 3.05) is 12.1 Å².